The van der Waals surface area contributed by atoms with Gasteiger partial charge in [0.15, 0.2) is 14.0 Å². The van der Waals surface area contributed by atoms with Crippen LogP contribution in [0, 0.1) is 23.2 Å². The second-order valence-electron chi connectivity index (χ2n) is 11.0. The van der Waals surface area contributed by atoms with Crippen LogP contribution < -0.4 is 4.90 Å². The summed E-state index contributed by atoms with van der Waals surface area (Å²) in [5, 5.41) is 9.10. The molecule has 0 N–H and O–H groups in total. The highest BCUT2D eigenvalue weighted by atomic mass is 35.5. The number of epoxide rings is 1. The summed E-state index contributed by atoms with van der Waals surface area (Å²) in [7, 11) is -2.27. The van der Waals surface area contributed by atoms with Crippen LogP contribution in [0.2, 0.25) is 23.2 Å². The van der Waals surface area contributed by atoms with Crippen molar-refractivity contribution >= 4 is 37.4 Å². The predicted molar refractivity (Wildman–Crippen MR) is 117 cm³/mol. The molecule has 0 saturated carbocycles. The summed E-state index contributed by atoms with van der Waals surface area (Å²) in [4.78, 5) is 32.3. The van der Waals surface area contributed by atoms with Crippen molar-refractivity contribution in [2.45, 2.75) is 75.8 Å². The van der Waals surface area contributed by atoms with Crippen molar-refractivity contribution in [2.75, 3.05) is 4.90 Å². The molecule has 1 aromatic heterocycles. The molecule has 4 aliphatic heterocycles. The van der Waals surface area contributed by atoms with Gasteiger partial charge >= 0.3 is 0 Å². The topological polar surface area (TPSA) is 105 Å². The summed E-state index contributed by atoms with van der Waals surface area (Å²) in [6.45, 7) is 14.4. The van der Waals surface area contributed by atoms with Crippen molar-refractivity contribution in [3.63, 3.8) is 0 Å². The van der Waals surface area contributed by atoms with Crippen LogP contribution in [-0.4, -0.2) is 48.2 Å². The Morgan fingerprint density at radius 3 is 2.44 bits per heavy atom. The summed E-state index contributed by atoms with van der Waals surface area (Å²) in [6, 6.07) is 3.31. The molecule has 2 unspecified atom stereocenters. The Kier molecular flexibility index (Phi) is 4.11. The van der Waals surface area contributed by atoms with Crippen LogP contribution in [0.15, 0.2) is 12.3 Å². The number of hydrogen-bond donors (Lipinski definition) is 0. The van der Waals surface area contributed by atoms with Crippen LogP contribution >= 0.6 is 11.6 Å². The maximum absolute atomic E-state index is 13.7. The first-order chi connectivity index (χ1) is 14.6. The fourth-order valence-corrected chi connectivity index (χ4v) is 7.13. The van der Waals surface area contributed by atoms with Crippen molar-refractivity contribution in [1.29, 1.82) is 5.26 Å². The van der Waals surface area contributed by atoms with Gasteiger partial charge in [-0.05, 0) is 38.0 Å². The minimum absolute atomic E-state index is 0.0356. The average molecular weight is 476 g/mol. The Morgan fingerprint density at radius 1 is 1.25 bits per heavy atom. The molecule has 2 bridgehead atoms. The first-order valence-electron chi connectivity index (χ1n) is 10.7. The van der Waals surface area contributed by atoms with Gasteiger partial charge < -0.3 is 13.9 Å². The molecule has 4 aliphatic rings. The van der Waals surface area contributed by atoms with Gasteiger partial charge in [-0.15, -0.1) is 0 Å². The largest absolute Gasteiger partial charge is 0.386 e. The second-order valence-corrected chi connectivity index (χ2v) is 16.2. The molecule has 10 heteroatoms. The molecule has 4 saturated heterocycles. The normalized spacial score (nSPS) is 39.8. The van der Waals surface area contributed by atoms with Crippen molar-refractivity contribution in [2.24, 2.45) is 11.8 Å². The number of carbonyl (C=O) groups is 2. The predicted octanol–water partition coefficient (Wildman–Crippen LogP) is 3.39. The van der Waals surface area contributed by atoms with Gasteiger partial charge in [0.05, 0.1) is 28.7 Å². The first-order valence-corrected chi connectivity index (χ1v) is 13.9. The molecule has 6 atom stereocenters. The highest BCUT2D eigenvalue weighted by Crippen LogP contribution is 2.74. The molecule has 2 amide bonds. The Morgan fingerprint density at radius 2 is 1.88 bits per heavy atom. The third-order valence-electron chi connectivity index (χ3n) is 8.15. The van der Waals surface area contributed by atoms with Crippen LogP contribution in [0.5, 0.6) is 0 Å². The number of halogens is 1. The number of nitrogens with zero attached hydrogens (tertiary/aromatic N) is 3. The van der Waals surface area contributed by atoms with Crippen LogP contribution in [-0.2, 0) is 23.5 Å². The molecule has 32 heavy (non-hydrogen) atoms. The lowest BCUT2D eigenvalue weighted by Crippen LogP contribution is -2.58. The van der Waals surface area contributed by atoms with E-state index in [0.29, 0.717) is 0 Å². The van der Waals surface area contributed by atoms with Crippen LogP contribution in [0.1, 0.15) is 40.3 Å². The lowest BCUT2D eigenvalue weighted by Gasteiger charge is -2.43. The Balaban J connectivity index is 1.55. The molecule has 5 rings (SSSR count). The summed E-state index contributed by atoms with van der Waals surface area (Å²) in [5.74, 6) is -3.25. The number of ether oxygens (including phenoxy) is 2. The zero-order valence-electron chi connectivity index (χ0n) is 19.1. The van der Waals surface area contributed by atoms with E-state index in [1.54, 1.807) is 0 Å². The maximum atomic E-state index is 13.7. The van der Waals surface area contributed by atoms with E-state index in [1.807, 2.05) is 19.9 Å². The van der Waals surface area contributed by atoms with Crippen molar-refractivity contribution < 1.29 is 23.5 Å². The average Bonchev–Trinajstić information content (AvgIpc) is 3.21. The number of carbonyl (C=O) groups excluding carboxylic acids is 2. The molecule has 0 aliphatic carbocycles. The smallest absolute Gasteiger partial charge is 0.240 e. The van der Waals surface area contributed by atoms with Crippen LogP contribution in [0.25, 0.3) is 0 Å². The monoisotopic (exact) mass is 475 g/mol. The number of fused-ring (bicyclic) bond motifs is 8. The minimum Gasteiger partial charge on any atom is -0.386 e. The fourth-order valence-electron chi connectivity index (χ4n) is 5.50. The third-order valence-corrected chi connectivity index (χ3v) is 12.9. The van der Waals surface area contributed by atoms with Gasteiger partial charge in [-0.3, -0.25) is 9.59 Å². The molecular formula is C22H26ClN3O5Si. The van der Waals surface area contributed by atoms with E-state index < -0.39 is 43.2 Å². The lowest BCUT2D eigenvalue weighted by atomic mass is 9.67. The van der Waals surface area contributed by atoms with Gasteiger partial charge in [0.1, 0.15) is 23.4 Å². The highest BCUT2D eigenvalue weighted by Gasteiger charge is 2.94. The number of amides is 2. The molecule has 0 radical (unpaired) electrons. The van der Waals surface area contributed by atoms with Crippen molar-refractivity contribution in [3.05, 3.63) is 23.0 Å². The Labute approximate surface area is 192 Å². The lowest BCUT2D eigenvalue weighted by molar-refractivity contribution is -0.180. The van der Waals surface area contributed by atoms with Crippen molar-refractivity contribution in [3.8, 4) is 6.07 Å². The SMILES string of the molecule is CC12OC(C)([C@@H]3C(=O)N(c4cnc(C#N)c(Cl)c4)C(=O)[C@@H]31)[C@@]1(O[Si](C)(C)C(C)(C)C)O[C@@H]21. The molecule has 8 nitrogen and oxygen atoms in total. The van der Waals surface area contributed by atoms with Crippen molar-refractivity contribution in [1.82, 2.24) is 4.98 Å². The molecule has 170 valence electrons. The number of hydrogen-bond acceptors (Lipinski definition) is 7. The number of aromatic nitrogens is 1. The molecular weight excluding hydrogens is 450 g/mol. The van der Waals surface area contributed by atoms with Gasteiger partial charge in [-0.25, -0.2) is 9.88 Å². The van der Waals surface area contributed by atoms with Gasteiger partial charge in [0, 0.05) is 0 Å². The second kappa shape index (κ2) is 5.99. The van der Waals surface area contributed by atoms with E-state index in [4.69, 9.17) is 30.8 Å². The van der Waals surface area contributed by atoms with E-state index in [1.165, 1.54) is 12.3 Å². The highest BCUT2D eigenvalue weighted by molar-refractivity contribution is 6.74. The molecule has 0 spiro atoms. The maximum Gasteiger partial charge on any atom is 0.240 e. The Bertz CT molecular complexity index is 1130. The summed E-state index contributed by atoms with van der Waals surface area (Å²) >= 11 is 6.12. The zero-order chi connectivity index (χ0) is 23.6. The third kappa shape index (κ3) is 2.34. The molecule has 4 fully saturated rings. The Hall–Kier alpha value is -1.83. The van der Waals surface area contributed by atoms with E-state index in [2.05, 4.69) is 38.8 Å². The van der Waals surface area contributed by atoms with Gasteiger partial charge in [0.25, 0.3) is 0 Å². The number of nitriles is 1. The van der Waals surface area contributed by atoms with E-state index in [0.717, 1.165) is 4.90 Å². The standard InChI is InChI=1S/C22H26ClN3O5Si/c1-19(2,3)32(6,7)31-22-18(29-22)20(4)14-15(21(22,5)30-20)17(28)26(16(14)27)11-8-12(23)13(9-24)25-10-11/h8,10,14-15,18H,1-7H3/t14-,15+,18+,20?,21?,22-/m1/s1. The summed E-state index contributed by atoms with van der Waals surface area (Å²) in [5.41, 5.74) is -1.79. The summed E-state index contributed by atoms with van der Waals surface area (Å²) in [6.07, 6.45) is 0.906. The zero-order valence-corrected chi connectivity index (χ0v) is 20.9. The summed E-state index contributed by atoms with van der Waals surface area (Å²) < 4.78 is 19.4. The molecule has 0 aromatic carbocycles. The number of rotatable bonds is 3. The van der Waals surface area contributed by atoms with E-state index in [9.17, 15) is 9.59 Å². The minimum atomic E-state index is -2.27. The molecule has 5 heterocycles. The van der Waals surface area contributed by atoms with E-state index in [-0.39, 0.29) is 33.3 Å². The van der Waals surface area contributed by atoms with E-state index >= 15 is 0 Å². The van der Waals surface area contributed by atoms with Crippen LogP contribution in [0.4, 0.5) is 5.69 Å². The van der Waals surface area contributed by atoms with Gasteiger partial charge in [-0.1, -0.05) is 32.4 Å². The number of imide groups is 1. The van der Waals surface area contributed by atoms with Gasteiger partial charge in [-0.2, -0.15) is 5.26 Å². The fraction of sp³-hybridized carbons (Fsp3) is 0.636. The van der Waals surface area contributed by atoms with Crippen LogP contribution in [0.3, 0.4) is 0 Å². The van der Waals surface area contributed by atoms with Gasteiger partial charge in [0.2, 0.25) is 17.6 Å². The first kappa shape index (κ1) is 22.0. The molecule has 1 aromatic rings. The quantitative estimate of drug-likeness (QED) is 0.374. The number of pyridine rings is 1. The number of anilines is 1.